The van der Waals surface area contributed by atoms with Gasteiger partial charge in [0.05, 0.1) is 19.6 Å². The number of hydrogen-bond donors (Lipinski definition) is 0. The van der Waals surface area contributed by atoms with Crippen LogP contribution < -0.4 is 0 Å². The Morgan fingerprint density at radius 3 is 2.33 bits per heavy atom. The lowest BCUT2D eigenvalue weighted by molar-refractivity contribution is -0.139. The average Bonchev–Trinajstić information content (AvgIpc) is 2.28. The monoisotopic (exact) mass is 272 g/mol. The van der Waals surface area contributed by atoms with Crippen molar-refractivity contribution >= 4 is 14.0 Å². The van der Waals surface area contributed by atoms with Gasteiger partial charge >= 0.3 is 5.97 Å². The van der Waals surface area contributed by atoms with Gasteiger partial charge in [-0.15, -0.1) is 0 Å². The summed E-state index contributed by atoms with van der Waals surface area (Å²) < 4.78 is 10.1. The molecule has 0 spiro atoms. The van der Waals surface area contributed by atoms with Gasteiger partial charge in [-0.05, 0) is 6.42 Å². The second kappa shape index (κ2) is 8.48. The molecule has 18 heavy (non-hydrogen) atoms. The van der Waals surface area contributed by atoms with Gasteiger partial charge in [-0.1, -0.05) is 44.8 Å². The Morgan fingerprint density at radius 1 is 1.28 bits per heavy atom. The molecule has 0 bridgehead atoms. The van der Waals surface area contributed by atoms with Crippen LogP contribution in [0.1, 0.15) is 19.8 Å². The van der Waals surface area contributed by atoms with Crippen LogP contribution in [0.4, 0.5) is 0 Å². The number of esters is 1. The second-order valence-electron chi connectivity index (χ2n) is 5.94. The number of carbonyl (C=O) groups is 1. The highest BCUT2D eigenvalue weighted by Gasteiger charge is 2.19. The quantitative estimate of drug-likeness (QED) is 0.385. The molecule has 0 aliphatic rings. The molecule has 0 heterocycles. The van der Waals surface area contributed by atoms with Crippen molar-refractivity contribution in [1.82, 2.24) is 0 Å². The molecular formula is C14H28O3Si. The van der Waals surface area contributed by atoms with E-state index in [1.54, 1.807) is 7.11 Å². The van der Waals surface area contributed by atoms with Crippen molar-refractivity contribution in [3.63, 3.8) is 0 Å². The lowest BCUT2D eigenvalue weighted by Crippen LogP contribution is -2.26. The summed E-state index contributed by atoms with van der Waals surface area (Å²) >= 11 is 0. The number of hydrogen-bond acceptors (Lipinski definition) is 3. The lowest BCUT2D eigenvalue weighted by atomic mass is 10.0. The highest BCUT2D eigenvalue weighted by Crippen LogP contribution is 2.20. The molecule has 0 unspecified atom stereocenters. The molecule has 3 nitrogen and oxygen atoms in total. The van der Waals surface area contributed by atoms with E-state index in [2.05, 4.69) is 37.4 Å². The predicted octanol–water partition coefficient (Wildman–Crippen LogP) is 3.49. The number of methoxy groups -OCH3 is 2. The second-order valence-corrected chi connectivity index (χ2v) is 11.6. The Bertz CT molecular complexity index is 269. The molecule has 4 heteroatoms. The molecular weight excluding hydrogens is 244 g/mol. The zero-order chi connectivity index (χ0) is 14.2. The Balaban J connectivity index is 4.18. The van der Waals surface area contributed by atoms with Crippen LogP contribution in [0.15, 0.2) is 12.2 Å². The van der Waals surface area contributed by atoms with Crippen molar-refractivity contribution in [2.75, 3.05) is 14.2 Å². The first-order chi connectivity index (χ1) is 8.30. The van der Waals surface area contributed by atoms with Gasteiger partial charge in [0.1, 0.15) is 0 Å². The predicted molar refractivity (Wildman–Crippen MR) is 78.5 cm³/mol. The summed E-state index contributed by atoms with van der Waals surface area (Å²) in [6, 6.07) is 1.26. The molecule has 0 saturated carbocycles. The summed E-state index contributed by atoms with van der Waals surface area (Å²) in [4.78, 5) is 11.0. The average molecular weight is 272 g/mol. The van der Waals surface area contributed by atoms with E-state index in [9.17, 15) is 4.79 Å². The Labute approximate surface area is 113 Å². The molecule has 0 radical (unpaired) electrons. The molecule has 0 aromatic heterocycles. The van der Waals surface area contributed by atoms with Gasteiger partial charge in [0.2, 0.25) is 0 Å². The van der Waals surface area contributed by atoms with E-state index in [0.29, 0.717) is 12.3 Å². The largest absolute Gasteiger partial charge is 0.469 e. The van der Waals surface area contributed by atoms with Gasteiger partial charge in [0.15, 0.2) is 0 Å². The number of ether oxygens (including phenoxy) is 2. The SMILES string of the molecule is COC(=O)C/C=C/[C@H](C)[C@H](CC[Si](C)(C)C)OC. The minimum atomic E-state index is -1.02. The van der Waals surface area contributed by atoms with Gasteiger partial charge in [-0.25, -0.2) is 0 Å². The maximum absolute atomic E-state index is 11.0. The zero-order valence-electron chi connectivity index (χ0n) is 12.7. The standard InChI is InChI=1S/C14H28O3Si/c1-12(8-7-9-14(15)17-3)13(16-2)10-11-18(4,5)6/h7-8,12-13H,9-11H2,1-6H3/b8-7+/t12-,13-/m0/s1. The zero-order valence-corrected chi connectivity index (χ0v) is 13.7. The van der Waals surface area contributed by atoms with Crippen LogP contribution >= 0.6 is 0 Å². The van der Waals surface area contributed by atoms with Crippen LogP contribution in [0.3, 0.4) is 0 Å². The fraction of sp³-hybridized carbons (Fsp3) is 0.786. The van der Waals surface area contributed by atoms with Crippen LogP contribution in [0, 0.1) is 5.92 Å². The van der Waals surface area contributed by atoms with E-state index in [0.717, 1.165) is 6.42 Å². The van der Waals surface area contributed by atoms with Crippen LogP contribution in [0.2, 0.25) is 25.7 Å². The molecule has 0 saturated heterocycles. The summed E-state index contributed by atoms with van der Waals surface area (Å²) in [5.74, 6) is 0.130. The van der Waals surface area contributed by atoms with E-state index >= 15 is 0 Å². The number of rotatable bonds is 8. The normalized spacial score (nSPS) is 15.7. The van der Waals surface area contributed by atoms with Crippen molar-refractivity contribution in [2.45, 2.75) is 51.6 Å². The first-order valence-electron chi connectivity index (χ1n) is 6.56. The molecule has 0 fully saturated rings. The fourth-order valence-electron chi connectivity index (χ4n) is 1.76. The minimum absolute atomic E-state index is 0.200. The fourth-order valence-corrected chi connectivity index (χ4v) is 2.91. The summed E-state index contributed by atoms with van der Waals surface area (Å²) in [6.07, 6.45) is 5.60. The summed E-state index contributed by atoms with van der Waals surface area (Å²) in [5.41, 5.74) is 0. The molecule has 0 aliphatic heterocycles. The van der Waals surface area contributed by atoms with Crippen molar-refractivity contribution in [3.8, 4) is 0 Å². The first-order valence-corrected chi connectivity index (χ1v) is 10.3. The number of carbonyl (C=O) groups excluding carboxylic acids is 1. The van der Waals surface area contributed by atoms with E-state index in [1.165, 1.54) is 13.2 Å². The highest BCUT2D eigenvalue weighted by atomic mass is 28.3. The van der Waals surface area contributed by atoms with E-state index in [-0.39, 0.29) is 12.1 Å². The molecule has 0 rings (SSSR count). The van der Waals surface area contributed by atoms with Crippen molar-refractivity contribution < 1.29 is 14.3 Å². The van der Waals surface area contributed by atoms with E-state index in [4.69, 9.17) is 4.74 Å². The van der Waals surface area contributed by atoms with Gasteiger partial charge in [0, 0.05) is 21.1 Å². The highest BCUT2D eigenvalue weighted by molar-refractivity contribution is 6.76. The van der Waals surface area contributed by atoms with Gasteiger partial charge in [0.25, 0.3) is 0 Å². The summed E-state index contributed by atoms with van der Waals surface area (Å²) in [6.45, 7) is 9.25. The Hall–Kier alpha value is -0.613. The van der Waals surface area contributed by atoms with Crippen molar-refractivity contribution in [3.05, 3.63) is 12.2 Å². The Kier molecular flexibility index (Phi) is 8.19. The minimum Gasteiger partial charge on any atom is -0.469 e. The maximum atomic E-state index is 11.0. The summed E-state index contributed by atoms with van der Waals surface area (Å²) in [5, 5.41) is 0. The van der Waals surface area contributed by atoms with Gasteiger partial charge < -0.3 is 9.47 Å². The topological polar surface area (TPSA) is 35.5 Å². The molecule has 0 aromatic carbocycles. The molecule has 0 aromatic rings. The van der Waals surface area contributed by atoms with Crippen molar-refractivity contribution in [2.24, 2.45) is 5.92 Å². The third kappa shape index (κ3) is 8.47. The molecule has 106 valence electrons. The van der Waals surface area contributed by atoms with E-state index < -0.39 is 8.07 Å². The van der Waals surface area contributed by atoms with E-state index in [1.807, 2.05) is 6.08 Å². The lowest BCUT2D eigenvalue weighted by Gasteiger charge is -2.24. The molecule has 0 N–H and O–H groups in total. The third-order valence-corrected chi connectivity index (χ3v) is 4.81. The molecule has 0 amide bonds. The van der Waals surface area contributed by atoms with Crippen LogP contribution in [0.25, 0.3) is 0 Å². The smallest absolute Gasteiger partial charge is 0.309 e. The molecule has 2 atom stereocenters. The van der Waals surface area contributed by atoms with Crippen LogP contribution in [-0.2, 0) is 14.3 Å². The maximum Gasteiger partial charge on any atom is 0.309 e. The van der Waals surface area contributed by atoms with Crippen LogP contribution in [0.5, 0.6) is 0 Å². The summed E-state index contributed by atoms with van der Waals surface area (Å²) in [7, 11) is 2.16. The first kappa shape index (κ1) is 17.4. The third-order valence-electron chi connectivity index (χ3n) is 3.02. The van der Waals surface area contributed by atoms with Crippen molar-refractivity contribution in [1.29, 1.82) is 0 Å². The van der Waals surface area contributed by atoms with Gasteiger partial charge in [-0.2, -0.15) is 0 Å². The van der Waals surface area contributed by atoms with Crippen LogP contribution in [-0.4, -0.2) is 34.4 Å². The Morgan fingerprint density at radius 2 is 1.89 bits per heavy atom. The molecule has 0 aliphatic carbocycles. The van der Waals surface area contributed by atoms with Gasteiger partial charge in [-0.3, -0.25) is 4.79 Å².